The number of aromatic nitrogens is 1. The highest BCUT2D eigenvalue weighted by atomic mass is 35.5. The monoisotopic (exact) mass is 642 g/mol. The normalized spacial score (nSPS) is 21.3. The maximum atomic E-state index is 12.3. The standard InChI is InChI=1S/C30H27ClN2O8S2/c1-20(17-29-33(14-12-30(33)43(37,38)39)25-19-23(31)9-11-27(25)41-29)16-28-32(13-5-15-42(34,35)36)24-18-22(8-10-26(24)40-28)21-6-3-2-4-7-21/h2-4,6-11,16-19,30H,5,12-15H2,1H3. The molecule has 0 radical (unpaired) electrons. The van der Waals surface area contributed by atoms with Gasteiger partial charge in [-0.1, -0.05) is 48.0 Å². The van der Waals surface area contributed by atoms with Crippen molar-refractivity contribution in [3.05, 3.63) is 95.2 Å². The molecule has 2 unspecified atom stereocenters. The molecule has 1 spiro atoms. The van der Waals surface area contributed by atoms with Crippen LogP contribution < -0.4 is 13.8 Å². The zero-order valence-corrected chi connectivity index (χ0v) is 25.4. The van der Waals surface area contributed by atoms with E-state index in [9.17, 15) is 25.9 Å². The molecule has 6 rings (SSSR count). The van der Waals surface area contributed by atoms with E-state index in [1.807, 2.05) is 48.5 Å². The Bertz CT molecular complexity index is 2020. The minimum Gasteiger partial charge on any atom is -0.748 e. The van der Waals surface area contributed by atoms with E-state index in [1.54, 1.807) is 41.8 Å². The van der Waals surface area contributed by atoms with Gasteiger partial charge in [-0.3, -0.25) is 0 Å². The highest BCUT2D eigenvalue weighted by Gasteiger charge is 2.61. The molecule has 10 nitrogen and oxygen atoms in total. The summed E-state index contributed by atoms with van der Waals surface area (Å²) in [6.45, 7) is 2.31. The second kappa shape index (κ2) is 10.9. The molecule has 0 aliphatic carbocycles. The predicted molar refractivity (Wildman–Crippen MR) is 160 cm³/mol. The van der Waals surface area contributed by atoms with Crippen LogP contribution in [0.15, 0.2) is 88.7 Å². The van der Waals surface area contributed by atoms with Gasteiger partial charge in [0.15, 0.2) is 33.5 Å². The Morgan fingerprint density at radius 2 is 1.81 bits per heavy atom. The van der Waals surface area contributed by atoms with Crippen LogP contribution in [0.4, 0.5) is 5.69 Å². The minimum atomic E-state index is -4.67. The number of halogens is 1. The maximum Gasteiger partial charge on any atom is 0.374 e. The summed E-state index contributed by atoms with van der Waals surface area (Å²) in [5, 5.41) is -0.867. The van der Waals surface area contributed by atoms with Gasteiger partial charge in [-0.2, -0.15) is 4.57 Å². The molecule has 0 bridgehead atoms. The number of aryl methyl sites for hydroxylation is 1. The average Bonchev–Trinajstić information content (AvgIpc) is 3.41. The van der Waals surface area contributed by atoms with Crippen LogP contribution >= 0.6 is 11.6 Å². The van der Waals surface area contributed by atoms with Gasteiger partial charge in [-0.05, 0) is 41.8 Å². The number of hydrogen-bond acceptors (Lipinski definition) is 8. The van der Waals surface area contributed by atoms with Crippen molar-refractivity contribution in [3.8, 4) is 16.9 Å². The highest BCUT2D eigenvalue weighted by Crippen LogP contribution is 2.53. The molecule has 1 aromatic heterocycles. The Hall–Kier alpha value is -3.52. The van der Waals surface area contributed by atoms with Gasteiger partial charge in [0, 0.05) is 35.4 Å². The lowest BCUT2D eigenvalue weighted by molar-refractivity contribution is -0.677. The van der Waals surface area contributed by atoms with Crippen molar-refractivity contribution in [2.24, 2.45) is 0 Å². The van der Waals surface area contributed by atoms with Crippen molar-refractivity contribution < 1.29 is 39.7 Å². The van der Waals surface area contributed by atoms with Crippen LogP contribution in [0.5, 0.6) is 5.75 Å². The lowest BCUT2D eigenvalue weighted by Crippen LogP contribution is -2.67. The van der Waals surface area contributed by atoms with Gasteiger partial charge < -0.3 is 18.3 Å². The Labute approximate surface area is 254 Å². The number of rotatable bonds is 8. The van der Waals surface area contributed by atoms with Gasteiger partial charge in [-0.25, -0.2) is 21.3 Å². The molecule has 2 aliphatic rings. The van der Waals surface area contributed by atoms with E-state index in [0.717, 1.165) is 11.1 Å². The number of oxazole rings is 1. The molecule has 0 saturated carbocycles. The fraction of sp³-hybridized carbons (Fsp3) is 0.233. The third-order valence-electron chi connectivity index (χ3n) is 7.83. The second-order valence-electron chi connectivity index (χ2n) is 10.7. The number of nitrogens with zero attached hydrogens (tertiary/aromatic N) is 2. The van der Waals surface area contributed by atoms with Crippen LogP contribution in [-0.2, 0) is 26.8 Å². The predicted octanol–water partition coefficient (Wildman–Crippen LogP) is 4.90. The molecule has 0 amide bonds. The van der Waals surface area contributed by atoms with Gasteiger partial charge in [-0.15, -0.1) is 0 Å². The van der Waals surface area contributed by atoms with Crippen LogP contribution in [0.25, 0.3) is 28.3 Å². The van der Waals surface area contributed by atoms with Crippen molar-refractivity contribution in [1.29, 1.82) is 0 Å². The number of quaternary nitrogens is 1. The van der Waals surface area contributed by atoms with Gasteiger partial charge in [0.25, 0.3) is 5.52 Å². The second-order valence-corrected chi connectivity index (χ2v) is 14.2. The fourth-order valence-corrected chi connectivity index (χ4v) is 7.62. The number of allylic oxidation sites excluding steroid dienone is 2. The topological polar surface area (TPSA) is 141 Å². The SMILES string of the molecule is CC(=Cc1oc2ccc(-c3ccccc3)cc2[n+]1CCCS(=O)(=O)[O-])C=C1Oc2ccc(Cl)cc2[N+]12CCC2S(=O)(=O)[O-]. The van der Waals surface area contributed by atoms with Crippen molar-refractivity contribution in [2.45, 2.75) is 31.7 Å². The van der Waals surface area contributed by atoms with Crippen LogP contribution in [0.2, 0.25) is 5.02 Å². The van der Waals surface area contributed by atoms with Crippen molar-refractivity contribution in [2.75, 3.05) is 12.3 Å². The first kappa shape index (κ1) is 29.5. The Balaban J connectivity index is 1.43. The number of fused-ring (bicyclic) bond motifs is 3. The Morgan fingerprint density at radius 1 is 1.05 bits per heavy atom. The molecule has 4 aromatic rings. The van der Waals surface area contributed by atoms with E-state index in [-0.39, 0.29) is 29.8 Å². The molecule has 1 saturated heterocycles. The summed E-state index contributed by atoms with van der Waals surface area (Å²) < 4.78 is 84.5. The molecule has 224 valence electrons. The van der Waals surface area contributed by atoms with Crippen molar-refractivity contribution in [1.82, 2.24) is 4.48 Å². The minimum absolute atomic E-state index is 0.0733. The molecule has 2 aliphatic heterocycles. The van der Waals surface area contributed by atoms with Crippen LogP contribution in [0.1, 0.15) is 25.7 Å². The van der Waals surface area contributed by atoms with Gasteiger partial charge in [0.1, 0.15) is 0 Å². The molecule has 43 heavy (non-hydrogen) atoms. The lowest BCUT2D eigenvalue weighted by Gasteiger charge is -2.47. The fourth-order valence-electron chi connectivity index (χ4n) is 5.81. The molecule has 0 N–H and O–H groups in total. The summed E-state index contributed by atoms with van der Waals surface area (Å²) in [6, 6.07) is 20.3. The smallest absolute Gasteiger partial charge is 0.374 e. The van der Waals surface area contributed by atoms with Gasteiger partial charge in [0.05, 0.1) is 29.2 Å². The third-order valence-corrected chi connectivity index (χ3v) is 10.1. The van der Waals surface area contributed by atoms with E-state index in [0.29, 0.717) is 45.6 Å². The largest absolute Gasteiger partial charge is 0.748 e. The van der Waals surface area contributed by atoms with E-state index >= 15 is 0 Å². The molecular formula is C30H27ClN2O8S2. The van der Waals surface area contributed by atoms with Crippen LogP contribution in [0.3, 0.4) is 0 Å². The van der Waals surface area contributed by atoms with E-state index in [2.05, 4.69) is 0 Å². The molecule has 2 atom stereocenters. The van der Waals surface area contributed by atoms with E-state index < -0.39 is 31.4 Å². The van der Waals surface area contributed by atoms with Gasteiger partial charge in [0.2, 0.25) is 5.58 Å². The van der Waals surface area contributed by atoms with E-state index in [4.69, 9.17) is 20.8 Å². The lowest BCUT2D eigenvalue weighted by atomic mass is 10.1. The Kier molecular flexibility index (Phi) is 7.48. The summed E-state index contributed by atoms with van der Waals surface area (Å²) in [4.78, 5) is 0. The number of ether oxygens (including phenoxy) is 1. The maximum absolute atomic E-state index is 12.3. The summed E-state index contributed by atoms with van der Waals surface area (Å²) in [5.41, 5.74) is 4.31. The molecule has 3 aromatic carbocycles. The van der Waals surface area contributed by atoms with Crippen molar-refractivity contribution >= 4 is 54.7 Å². The summed E-state index contributed by atoms with van der Waals surface area (Å²) >= 11 is 6.23. The quantitative estimate of drug-likeness (QED) is 0.150. The summed E-state index contributed by atoms with van der Waals surface area (Å²) in [7, 11) is -9.08. The highest BCUT2D eigenvalue weighted by molar-refractivity contribution is 7.86. The summed E-state index contributed by atoms with van der Waals surface area (Å²) in [5.74, 6) is 0.548. The Morgan fingerprint density at radius 3 is 2.49 bits per heavy atom. The molecule has 13 heteroatoms. The zero-order valence-electron chi connectivity index (χ0n) is 23.0. The van der Waals surface area contributed by atoms with E-state index in [1.165, 1.54) is 0 Å². The molecule has 1 fully saturated rings. The first-order chi connectivity index (χ1) is 20.3. The summed E-state index contributed by atoms with van der Waals surface area (Å²) in [6.07, 6.45) is 3.64. The molecular weight excluding hydrogens is 616 g/mol. The zero-order chi connectivity index (χ0) is 30.6. The first-order valence-corrected chi connectivity index (χ1v) is 16.9. The molecule has 3 heterocycles. The van der Waals surface area contributed by atoms with Crippen molar-refractivity contribution in [3.63, 3.8) is 0 Å². The third kappa shape index (κ3) is 5.62. The average molecular weight is 643 g/mol. The van der Waals surface area contributed by atoms with Gasteiger partial charge >= 0.3 is 11.8 Å². The first-order valence-electron chi connectivity index (χ1n) is 13.5. The van der Waals surface area contributed by atoms with Crippen LogP contribution in [0, 0.1) is 0 Å². The number of benzene rings is 3. The number of hydrogen-bond donors (Lipinski definition) is 0. The van der Waals surface area contributed by atoms with Crippen LogP contribution in [-0.4, -0.2) is 43.6 Å².